The van der Waals surface area contributed by atoms with Crippen molar-refractivity contribution in [3.05, 3.63) is 29.9 Å². The van der Waals surface area contributed by atoms with Crippen molar-refractivity contribution in [3.63, 3.8) is 0 Å². The number of nitrogens with zero attached hydrogens (tertiary/aromatic N) is 3. The first kappa shape index (κ1) is 14.2. The summed E-state index contributed by atoms with van der Waals surface area (Å²) in [4.78, 5) is 8.70. The average molecular weight is 251 g/mol. The van der Waals surface area contributed by atoms with Gasteiger partial charge in [-0.1, -0.05) is 31.9 Å². The van der Waals surface area contributed by atoms with E-state index in [1.54, 1.807) is 11.9 Å². The number of aryl methyl sites for hydroxylation is 1. The Labute approximate surface area is 108 Å². The molecule has 1 aliphatic heterocycles. The van der Waals surface area contributed by atoms with Crippen LogP contribution in [0.5, 0.6) is 0 Å². The fraction of sp³-hybridized carbons (Fsp3) is 0.538. The van der Waals surface area contributed by atoms with E-state index < -0.39 is 0 Å². The van der Waals surface area contributed by atoms with E-state index in [4.69, 9.17) is 0 Å². The minimum atomic E-state index is 0.890. The Bertz CT molecular complexity index is 359. The number of hydrogen-bond acceptors (Lipinski definition) is 4. The Hall–Kier alpha value is -0.870. The lowest BCUT2D eigenvalue weighted by molar-refractivity contribution is 0.517. The molecule has 0 bridgehead atoms. The number of rotatable bonds is 2. The predicted octanol–water partition coefficient (Wildman–Crippen LogP) is 3.18. The molecule has 2 rings (SSSR count). The maximum Gasteiger partial charge on any atom is 0.154 e. The third-order valence-corrected chi connectivity index (χ3v) is 3.35. The summed E-state index contributed by atoms with van der Waals surface area (Å²) in [6.45, 7) is 8.09. The van der Waals surface area contributed by atoms with Crippen molar-refractivity contribution in [1.82, 2.24) is 14.3 Å². The van der Waals surface area contributed by atoms with Crippen LogP contribution in [-0.4, -0.2) is 33.6 Å². The van der Waals surface area contributed by atoms with Gasteiger partial charge in [0.05, 0.1) is 0 Å². The maximum atomic E-state index is 4.35. The van der Waals surface area contributed by atoms with Crippen LogP contribution in [0.25, 0.3) is 5.57 Å². The van der Waals surface area contributed by atoms with E-state index in [-0.39, 0.29) is 0 Å². The number of aromatic nitrogens is 2. The molecule has 1 aromatic heterocycles. The van der Waals surface area contributed by atoms with Gasteiger partial charge in [0.1, 0.15) is 0 Å². The molecule has 0 amide bonds. The molecule has 4 heteroatoms. The zero-order valence-corrected chi connectivity index (χ0v) is 11.9. The Balaban J connectivity index is 0.000000686. The van der Waals surface area contributed by atoms with Crippen molar-refractivity contribution < 1.29 is 0 Å². The first-order valence-corrected chi connectivity index (χ1v) is 7.25. The van der Waals surface area contributed by atoms with E-state index in [1.165, 1.54) is 5.57 Å². The van der Waals surface area contributed by atoms with Crippen LogP contribution in [0.3, 0.4) is 0 Å². The van der Waals surface area contributed by atoms with Gasteiger partial charge in [-0.25, -0.2) is 14.3 Å². The van der Waals surface area contributed by atoms with E-state index in [1.807, 2.05) is 33.2 Å². The molecule has 0 atom stereocenters. The second kappa shape index (κ2) is 7.45. The van der Waals surface area contributed by atoms with E-state index in [0.717, 1.165) is 30.9 Å². The molecule has 17 heavy (non-hydrogen) atoms. The van der Waals surface area contributed by atoms with Crippen molar-refractivity contribution in [2.45, 2.75) is 27.2 Å². The average Bonchev–Trinajstić information content (AvgIpc) is 2.42. The smallest absolute Gasteiger partial charge is 0.154 e. The van der Waals surface area contributed by atoms with Gasteiger partial charge in [0.25, 0.3) is 0 Å². The Kier molecular flexibility index (Phi) is 6.22. The van der Waals surface area contributed by atoms with Crippen LogP contribution < -0.4 is 0 Å². The molecule has 0 aliphatic carbocycles. The molecule has 0 saturated heterocycles. The third-order valence-electron chi connectivity index (χ3n) is 2.50. The van der Waals surface area contributed by atoms with Crippen LogP contribution in [0.15, 0.2) is 18.5 Å². The first-order chi connectivity index (χ1) is 8.29. The van der Waals surface area contributed by atoms with Gasteiger partial charge in [-0.2, -0.15) is 0 Å². The molecule has 3 nitrogen and oxygen atoms in total. The molecule has 0 aromatic carbocycles. The fourth-order valence-electron chi connectivity index (χ4n) is 1.58. The SMILES string of the molecule is CC.CSN1CC=C(c2ncc(C)cn2)CC1. The topological polar surface area (TPSA) is 29.0 Å². The quantitative estimate of drug-likeness (QED) is 0.755. The molecule has 0 spiro atoms. The molecule has 0 fully saturated rings. The van der Waals surface area contributed by atoms with Crippen LogP contribution >= 0.6 is 11.9 Å². The van der Waals surface area contributed by atoms with Gasteiger partial charge in [0.15, 0.2) is 5.82 Å². The van der Waals surface area contributed by atoms with E-state index in [9.17, 15) is 0 Å². The largest absolute Gasteiger partial charge is 0.247 e. The summed E-state index contributed by atoms with van der Waals surface area (Å²) >= 11 is 1.79. The molecular formula is C13H21N3S. The van der Waals surface area contributed by atoms with Crippen molar-refractivity contribution in [2.75, 3.05) is 19.3 Å². The number of hydrogen-bond donors (Lipinski definition) is 0. The van der Waals surface area contributed by atoms with Crippen molar-refractivity contribution in [2.24, 2.45) is 0 Å². The van der Waals surface area contributed by atoms with Crippen LogP contribution in [0.2, 0.25) is 0 Å². The van der Waals surface area contributed by atoms with Gasteiger partial charge in [0, 0.05) is 25.5 Å². The van der Waals surface area contributed by atoms with Gasteiger partial charge in [0.2, 0.25) is 0 Å². The molecule has 0 saturated carbocycles. The summed E-state index contributed by atoms with van der Waals surface area (Å²) in [7, 11) is 0. The minimum Gasteiger partial charge on any atom is -0.247 e. The summed E-state index contributed by atoms with van der Waals surface area (Å²) in [6.07, 6.45) is 9.14. The van der Waals surface area contributed by atoms with E-state index in [0.29, 0.717) is 0 Å². The summed E-state index contributed by atoms with van der Waals surface area (Å²) in [5.74, 6) is 0.890. The van der Waals surface area contributed by atoms with Gasteiger partial charge in [-0.3, -0.25) is 0 Å². The third kappa shape index (κ3) is 4.13. The molecular weight excluding hydrogens is 230 g/mol. The van der Waals surface area contributed by atoms with E-state index in [2.05, 4.69) is 26.6 Å². The van der Waals surface area contributed by atoms with Crippen LogP contribution in [0.4, 0.5) is 0 Å². The Morgan fingerprint density at radius 1 is 1.24 bits per heavy atom. The molecule has 0 unspecified atom stereocenters. The van der Waals surface area contributed by atoms with Gasteiger partial charge >= 0.3 is 0 Å². The van der Waals surface area contributed by atoms with Crippen LogP contribution in [0.1, 0.15) is 31.7 Å². The molecule has 0 N–H and O–H groups in total. The fourth-order valence-corrected chi connectivity index (χ4v) is 2.08. The highest BCUT2D eigenvalue weighted by Gasteiger charge is 2.13. The lowest BCUT2D eigenvalue weighted by atomic mass is 10.1. The summed E-state index contributed by atoms with van der Waals surface area (Å²) in [5.41, 5.74) is 2.39. The molecule has 94 valence electrons. The highest BCUT2D eigenvalue weighted by Crippen LogP contribution is 2.21. The summed E-state index contributed by atoms with van der Waals surface area (Å²) < 4.78 is 2.33. The predicted molar refractivity (Wildman–Crippen MR) is 75.8 cm³/mol. The Morgan fingerprint density at radius 3 is 2.35 bits per heavy atom. The van der Waals surface area contributed by atoms with Crippen molar-refractivity contribution >= 4 is 17.5 Å². The second-order valence-electron chi connectivity index (χ2n) is 3.63. The highest BCUT2D eigenvalue weighted by molar-refractivity contribution is 7.96. The zero-order valence-electron chi connectivity index (χ0n) is 11.1. The summed E-state index contributed by atoms with van der Waals surface area (Å²) in [5, 5.41) is 0. The van der Waals surface area contributed by atoms with Crippen molar-refractivity contribution in [1.29, 1.82) is 0 Å². The van der Waals surface area contributed by atoms with E-state index >= 15 is 0 Å². The maximum absolute atomic E-state index is 4.35. The highest BCUT2D eigenvalue weighted by atomic mass is 32.2. The Morgan fingerprint density at radius 2 is 1.88 bits per heavy atom. The second-order valence-corrected chi connectivity index (χ2v) is 4.52. The molecule has 2 heterocycles. The lowest BCUT2D eigenvalue weighted by Crippen LogP contribution is -2.21. The molecule has 0 radical (unpaired) electrons. The lowest BCUT2D eigenvalue weighted by Gasteiger charge is -2.22. The molecule has 1 aromatic rings. The summed E-state index contributed by atoms with van der Waals surface area (Å²) in [6, 6.07) is 0. The van der Waals surface area contributed by atoms with Gasteiger partial charge < -0.3 is 0 Å². The zero-order chi connectivity index (χ0) is 12.7. The first-order valence-electron chi connectivity index (χ1n) is 6.06. The van der Waals surface area contributed by atoms with Crippen LogP contribution in [-0.2, 0) is 0 Å². The van der Waals surface area contributed by atoms with Gasteiger partial charge in [-0.15, -0.1) is 0 Å². The van der Waals surface area contributed by atoms with Crippen LogP contribution in [0, 0.1) is 6.92 Å². The van der Waals surface area contributed by atoms with Gasteiger partial charge in [-0.05, 0) is 30.7 Å². The standard InChI is InChI=1S/C11H15N3S.C2H6/c1-9-7-12-11(13-8-9)10-3-5-14(15-2)6-4-10;1-2/h3,7-8H,4-6H2,1-2H3;1-2H3. The molecule has 1 aliphatic rings. The monoisotopic (exact) mass is 251 g/mol. The minimum absolute atomic E-state index is 0.890. The normalized spacial score (nSPS) is 15.9. The van der Waals surface area contributed by atoms with Crippen molar-refractivity contribution in [3.8, 4) is 0 Å².